The number of alkyl halides is 4. The fourth-order valence-corrected chi connectivity index (χ4v) is 3.08. The quantitative estimate of drug-likeness (QED) is 0.327. The van der Waals surface area contributed by atoms with Crippen LogP contribution in [0, 0.1) is 0 Å². The van der Waals surface area contributed by atoms with Gasteiger partial charge in [-0.25, -0.2) is 0 Å². The Morgan fingerprint density at radius 1 is 0.581 bits per heavy atom. The molecule has 3 rings (SSSR count). The third-order valence-electron chi connectivity index (χ3n) is 4.84. The zero-order valence-electron chi connectivity index (χ0n) is 17.4. The SMILES string of the molecule is CCCc1ccc(OC(F)(F)c2ccc(C(F)(F)Oc3ccc(CC)cc3)cc2)cc1. The van der Waals surface area contributed by atoms with Crippen molar-refractivity contribution >= 4 is 0 Å². The molecule has 0 saturated carbocycles. The van der Waals surface area contributed by atoms with E-state index in [9.17, 15) is 17.6 Å². The van der Waals surface area contributed by atoms with Gasteiger partial charge >= 0.3 is 12.2 Å². The summed E-state index contributed by atoms with van der Waals surface area (Å²) in [4.78, 5) is 0. The van der Waals surface area contributed by atoms with E-state index in [-0.39, 0.29) is 11.5 Å². The van der Waals surface area contributed by atoms with E-state index in [0.29, 0.717) is 0 Å². The molecule has 2 nitrogen and oxygen atoms in total. The van der Waals surface area contributed by atoms with Crippen molar-refractivity contribution in [1.82, 2.24) is 0 Å². The topological polar surface area (TPSA) is 18.5 Å². The molecule has 0 N–H and O–H groups in total. The highest BCUT2D eigenvalue weighted by molar-refractivity contribution is 5.32. The Balaban J connectivity index is 1.70. The molecule has 0 atom stereocenters. The largest absolute Gasteiger partial charge is 0.429 e. The fourth-order valence-electron chi connectivity index (χ4n) is 3.08. The van der Waals surface area contributed by atoms with Gasteiger partial charge in [0.1, 0.15) is 11.5 Å². The second-order valence-electron chi connectivity index (χ2n) is 7.21. The number of benzene rings is 3. The molecule has 164 valence electrons. The summed E-state index contributed by atoms with van der Waals surface area (Å²) in [6.07, 6.45) is -4.77. The van der Waals surface area contributed by atoms with Crippen molar-refractivity contribution in [2.45, 2.75) is 45.3 Å². The minimum absolute atomic E-state index is 0.00174. The maximum atomic E-state index is 14.5. The van der Waals surface area contributed by atoms with Crippen molar-refractivity contribution in [3.63, 3.8) is 0 Å². The van der Waals surface area contributed by atoms with Crippen molar-refractivity contribution in [2.24, 2.45) is 0 Å². The van der Waals surface area contributed by atoms with Crippen LogP contribution in [0.3, 0.4) is 0 Å². The van der Waals surface area contributed by atoms with E-state index in [1.54, 1.807) is 24.3 Å². The highest BCUT2D eigenvalue weighted by Crippen LogP contribution is 2.35. The van der Waals surface area contributed by atoms with E-state index < -0.39 is 23.3 Å². The molecule has 0 saturated heterocycles. The van der Waals surface area contributed by atoms with E-state index in [4.69, 9.17) is 9.47 Å². The van der Waals surface area contributed by atoms with E-state index in [2.05, 4.69) is 0 Å². The first-order valence-electron chi connectivity index (χ1n) is 10.2. The molecule has 31 heavy (non-hydrogen) atoms. The minimum atomic E-state index is -3.67. The normalized spacial score (nSPS) is 11.9. The van der Waals surface area contributed by atoms with Gasteiger partial charge in [-0.1, -0.05) is 44.5 Å². The smallest absolute Gasteiger partial charge is 0.426 e. The number of ether oxygens (including phenoxy) is 2. The molecule has 0 aromatic heterocycles. The standard InChI is InChI=1S/C25H24F4O2/c1-3-5-19-8-16-23(17-9-19)31-25(28,29)21-12-10-20(11-13-21)24(26,27)30-22-14-6-18(4-2)7-15-22/h6-17H,3-5H2,1-2H3. The Morgan fingerprint density at radius 2 is 0.968 bits per heavy atom. The van der Waals surface area contributed by atoms with Crippen LogP contribution in [0.15, 0.2) is 72.8 Å². The summed E-state index contributed by atoms with van der Waals surface area (Å²) in [5.74, 6) is -0.00965. The van der Waals surface area contributed by atoms with Crippen molar-refractivity contribution in [3.8, 4) is 11.5 Å². The molecule has 0 aliphatic carbocycles. The summed E-state index contributed by atoms with van der Waals surface area (Å²) in [5, 5.41) is 0. The van der Waals surface area contributed by atoms with Crippen molar-refractivity contribution < 1.29 is 27.0 Å². The van der Waals surface area contributed by atoms with Crippen LogP contribution in [0.1, 0.15) is 42.5 Å². The second kappa shape index (κ2) is 9.41. The molecule has 0 radical (unpaired) electrons. The second-order valence-corrected chi connectivity index (χ2v) is 7.21. The average Bonchev–Trinajstić information content (AvgIpc) is 2.75. The van der Waals surface area contributed by atoms with Crippen molar-refractivity contribution in [3.05, 3.63) is 95.1 Å². The van der Waals surface area contributed by atoms with Gasteiger partial charge in [-0.15, -0.1) is 0 Å². The van der Waals surface area contributed by atoms with Gasteiger partial charge in [0.25, 0.3) is 0 Å². The third kappa shape index (κ3) is 5.78. The molecule has 0 spiro atoms. The molecule has 0 fully saturated rings. The minimum Gasteiger partial charge on any atom is -0.429 e. The van der Waals surface area contributed by atoms with Crippen LogP contribution in [0.4, 0.5) is 17.6 Å². The van der Waals surface area contributed by atoms with Gasteiger partial charge in [0.2, 0.25) is 0 Å². The first-order valence-corrected chi connectivity index (χ1v) is 10.2. The zero-order chi connectivity index (χ0) is 22.5. The number of aryl methyl sites for hydroxylation is 2. The maximum Gasteiger partial charge on any atom is 0.426 e. The summed E-state index contributed by atoms with van der Waals surface area (Å²) in [7, 11) is 0. The molecule has 0 bridgehead atoms. The van der Waals surface area contributed by atoms with E-state index in [0.717, 1.165) is 54.7 Å². The predicted octanol–water partition coefficient (Wildman–Crippen LogP) is 7.46. The summed E-state index contributed by atoms with van der Waals surface area (Å²) >= 11 is 0. The average molecular weight is 432 g/mol. The van der Waals surface area contributed by atoms with Crippen LogP contribution < -0.4 is 9.47 Å². The Kier molecular flexibility index (Phi) is 6.88. The van der Waals surface area contributed by atoms with Crippen LogP contribution in [-0.4, -0.2) is 0 Å². The first kappa shape index (κ1) is 22.7. The molecule has 0 aliphatic heterocycles. The lowest BCUT2D eigenvalue weighted by Crippen LogP contribution is -2.24. The van der Waals surface area contributed by atoms with Gasteiger partial charge in [0.15, 0.2) is 0 Å². The van der Waals surface area contributed by atoms with Gasteiger partial charge in [-0.05, 0) is 72.5 Å². The lowest BCUT2D eigenvalue weighted by molar-refractivity contribution is -0.188. The van der Waals surface area contributed by atoms with E-state index in [1.807, 2.05) is 13.8 Å². The van der Waals surface area contributed by atoms with Gasteiger partial charge in [-0.2, -0.15) is 17.6 Å². The molecule has 0 unspecified atom stereocenters. The molecule has 6 heteroatoms. The van der Waals surface area contributed by atoms with Crippen LogP contribution >= 0.6 is 0 Å². The van der Waals surface area contributed by atoms with E-state index in [1.165, 1.54) is 24.3 Å². The maximum absolute atomic E-state index is 14.5. The molecule has 0 aliphatic rings. The van der Waals surface area contributed by atoms with Crippen molar-refractivity contribution in [2.75, 3.05) is 0 Å². The van der Waals surface area contributed by atoms with Gasteiger partial charge < -0.3 is 9.47 Å². The number of halogens is 4. The van der Waals surface area contributed by atoms with Crippen LogP contribution in [0.5, 0.6) is 11.5 Å². The number of hydrogen-bond acceptors (Lipinski definition) is 2. The van der Waals surface area contributed by atoms with Gasteiger partial charge in [0.05, 0.1) is 11.1 Å². The zero-order valence-corrected chi connectivity index (χ0v) is 17.4. The summed E-state index contributed by atoms with van der Waals surface area (Å²) in [6.45, 7) is 3.98. The lowest BCUT2D eigenvalue weighted by Gasteiger charge is -2.21. The third-order valence-corrected chi connectivity index (χ3v) is 4.84. The Hall–Kier alpha value is -3.02. The summed E-state index contributed by atoms with van der Waals surface area (Å²) in [5.41, 5.74) is 0.948. The van der Waals surface area contributed by atoms with Crippen molar-refractivity contribution in [1.29, 1.82) is 0 Å². The molecular weight excluding hydrogens is 408 g/mol. The van der Waals surface area contributed by atoms with Gasteiger partial charge in [0, 0.05) is 0 Å². The van der Waals surface area contributed by atoms with Crippen LogP contribution in [0.25, 0.3) is 0 Å². The Bertz CT molecular complexity index is 966. The summed E-state index contributed by atoms with van der Waals surface area (Å²) in [6, 6.07) is 16.3. The molecule has 3 aromatic carbocycles. The number of rotatable bonds is 9. The Labute approximate surface area is 179 Å². The molecule has 0 amide bonds. The monoisotopic (exact) mass is 432 g/mol. The Morgan fingerprint density at radius 3 is 1.32 bits per heavy atom. The highest BCUT2D eigenvalue weighted by atomic mass is 19.3. The highest BCUT2D eigenvalue weighted by Gasteiger charge is 2.38. The molecule has 0 heterocycles. The number of hydrogen-bond donors (Lipinski definition) is 0. The van der Waals surface area contributed by atoms with Crippen LogP contribution in [0.2, 0.25) is 0 Å². The molecular formula is C25H24F4O2. The lowest BCUT2D eigenvalue weighted by atomic mass is 10.1. The predicted molar refractivity (Wildman–Crippen MR) is 112 cm³/mol. The fraction of sp³-hybridized carbons (Fsp3) is 0.280. The first-order chi connectivity index (χ1) is 14.7. The summed E-state index contributed by atoms with van der Waals surface area (Å²) < 4.78 is 67.5. The van der Waals surface area contributed by atoms with E-state index >= 15 is 0 Å². The molecule has 3 aromatic rings. The van der Waals surface area contributed by atoms with Crippen LogP contribution in [-0.2, 0) is 25.1 Å². The van der Waals surface area contributed by atoms with Gasteiger partial charge in [-0.3, -0.25) is 0 Å².